The maximum absolute atomic E-state index is 12.1. The summed E-state index contributed by atoms with van der Waals surface area (Å²) in [7, 11) is 0. The van der Waals surface area contributed by atoms with Crippen molar-refractivity contribution in [1.29, 1.82) is 0 Å². The third kappa shape index (κ3) is 3.79. The Labute approximate surface area is 123 Å². The fraction of sp³-hybridized carbons (Fsp3) is 0.357. The Morgan fingerprint density at radius 1 is 1.48 bits per heavy atom. The normalized spacial score (nSPS) is 10.4. The Kier molecular flexibility index (Phi) is 4.89. The lowest BCUT2D eigenvalue weighted by Gasteiger charge is -2.09. The van der Waals surface area contributed by atoms with Crippen molar-refractivity contribution in [2.24, 2.45) is 5.73 Å². The molecule has 0 bridgehead atoms. The molecule has 0 unspecified atom stereocenters. The summed E-state index contributed by atoms with van der Waals surface area (Å²) >= 11 is 0. The van der Waals surface area contributed by atoms with Crippen LogP contribution in [0.5, 0.6) is 5.75 Å². The molecule has 1 amide bonds. The van der Waals surface area contributed by atoms with E-state index in [9.17, 15) is 4.79 Å². The predicted octanol–water partition coefficient (Wildman–Crippen LogP) is 1.20. The van der Waals surface area contributed by atoms with Crippen LogP contribution in [0.2, 0.25) is 0 Å². The van der Waals surface area contributed by atoms with Gasteiger partial charge in [0.25, 0.3) is 5.91 Å². The molecule has 1 aromatic heterocycles. The molecule has 0 spiro atoms. The highest BCUT2D eigenvalue weighted by atomic mass is 16.5. The van der Waals surface area contributed by atoms with E-state index in [1.807, 2.05) is 32.0 Å². The Bertz CT molecular complexity index is 624. The number of nitrogens with zero attached hydrogens (tertiary/aromatic N) is 3. The van der Waals surface area contributed by atoms with Gasteiger partial charge < -0.3 is 15.8 Å². The Morgan fingerprint density at radius 3 is 2.95 bits per heavy atom. The number of amides is 1. The second-order valence-corrected chi connectivity index (χ2v) is 4.52. The van der Waals surface area contributed by atoms with E-state index < -0.39 is 0 Å². The molecular formula is C14H19N5O2. The van der Waals surface area contributed by atoms with Gasteiger partial charge in [0.1, 0.15) is 5.75 Å². The molecule has 0 aliphatic heterocycles. The van der Waals surface area contributed by atoms with Crippen molar-refractivity contribution in [3.8, 4) is 5.75 Å². The summed E-state index contributed by atoms with van der Waals surface area (Å²) in [6.45, 7) is 5.42. The number of benzene rings is 1. The number of hydrogen-bond donors (Lipinski definition) is 2. The number of carbonyl (C=O) groups excluding carboxylic acids is 1. The van der Waals surface area contributed by atoms with Crippen molar-refractivity contribution in [3.05, 3.63) is 35.7 Å². The lowest BCUT2D eigenvalue weighted by atomic mass is 10.2. The minimum absolute atomic E-state index is 0.261. The Balaban J connectivity index is 2.08. The van der Waals surface area contributed by atoms with Gasteiger partial charge in [-0.3, -0.25) is 9.48 Å². The fourth-order valence-electron chi connectivity index (χ4n) is 1.86. The highest BCUT2D eigenvalue weighted by molar-refractivity contribution is 6.03. The van der Waals surface area contributed by atoms with Gasteiger partial charge in [-0.2, -0.15) is 0 Å². The van der Waals surface area contributed by atoms with E-state index in [2.05, 4.69) is 15.6 Å². The van der Waals surface area contributed by atoms with E-state index in [-0.39, 0.29) is 11.6 Å². The fourth-order valence-corrected chi connectivity index (χ4v) is 1.86. The monoisotopic (exact) mass is 289 g/mol. The van der Waals surface area contributed by atoms with Crippen LogP contribution in [0.25, 0.3) is 0 Å². The molecule has 0 atom stereocenters. The zero-order valence-corrected chi connectivity index (χ0v) is 12.2. The van der Waals surface area contributed by atoms with E-state index >= 15 is 0 Å². The summed E-state index contributed by atoms with van der Waals surface area (Å²) in [5.41, 5.74) is 7.33. The first kappa shape index (κ1) is 15.0. The molecule has 1 heterocycles. The van der Waals surface area contributed by atoms with Crippen molar-refractivity contribution in [2.45, 2.75) is 20.4 Å². The summed E-state index contributed by atoms with van der Waals surface area (Å²) in [6, 6.07) is 5.50. The molecule has 0 aliphatic rings. The number of rotatable bonds is 6. The number of carbonyl (C=O) groups is 1. The number of nitrogens with two attached hydrogens (primary N) is 1. The second kappa shape index (κ2) is 6.85. The van der Waals surface area contributed by atoms with E-state index in [4.69, 9.17) is 10.5 Å². The first-order valence-electron chi connectivity index (χ1n) is 6.79. The van der Waals surface area contributed by atoms with Gasteiger partial charge in [-0.25, -0.2) is 0 Å². The van der Waals surface area contributed by atoms with Gasteiger partial charge in [-0.15, -0.1) is 5.10 Å². The van der Waals surface area contributed by atoms with Gasteiger partial charge in [0.05, 0.1) is 19.3 Å². The minimum atomic E-state index is -0.300. The van der Waals surface area contributed by atoms with Crippen molar-refractivity contribution >= 4 is 11.6 Å². The van der Waals surface area contributed by atoms with E-state index in [0.29, 0.717) is 19.7 Å². The molecule has 0 saturated heterocycles. The minimum Gasteiger partial charge on any atom is -0.494 e. The average Bonchev–Trinajstić information content (AvgIpc) is 2.91. The zero-order valence-electron chi connectivity index (χ0n) is 12.2. The third-order valence-corrected chi connectivity index (χ3v) is 2.89. The molecular weight excluding hydrogens is 270 g/mol. The summed E-state index contributed by atoms with van der Waals surface area (Å²) < 4.78 is 6.95. The van der Waals surface area contributed by atoms with Crippen LogP contribution in [-0.4, -0.2) is 34.1 Å². The maximum atomic E-state index is 12.1. The summed E-state index contributed by atoms with van der Waals surface area (Å²) in [6.07, 6.45) is 1.58. The summed E-state index contributed by atoms with van der Waals surface area (Å²) in [5, 5.41) is 10.5. The summed E-state index contributed by atoms with van der Waals surface area (Å²) in [5.74, 6) is 0.479. The second-order valence-electron chi connectivity index (χ2n) is 4.52. The Hall–Kier alpha value is -2.41. The lowest BCUT2D eigenvalue weighted by Crippen LogP contribution is -2.13. The van der Waals surface area contributed by atoms with Crippen molar-refractivity contribution in [2.75, 3.05) is 18.5 Å². The molecule has 7 nitrogen and oxygen atoms in total. The van der Waals surface area contributed by atoms with Gasteiger partial charge in [0.2, 0.25) is 0 Å². The van der Waals surface area contributed by atoms with Gasteiger partial charge in [0, 0.05) is 12.2 Å². The average molecular weight is 289 g/mol. The predicted molar refractivity (Wildman–Crippen MR) is 79.4 cm³/mol. The highest BCUT2D eigenvalue weighted by Gasteiger charge is 2.12. The number of nitrogens with one attached hydrogen (secondary N) is 1. The molecule has 0 aliphatic carbocycles. The molecule has 21 heavy (non-hydrogen) atoms. The van der Waals surface area contributed by atoms with Crippen molar-refractivity contribution in [1.82, 2.24) is 15.0 Å². The molecule has 0 radical (unpaired) electrons. The van der Waals surface area contributed by atoms with E-state index in [1.165, 1.54) is 0 Å². The summed E-state index contributed by atoms with van der Waals surface area (Å²) in [4.78, 5) is 12.1. The van der Waals surface area contributed by atoms with Crippen LogP contribution in [-0.2, 0) is 6.54 Å². The van der Waals surface area contributed by atoms with Crippen LogP contribution < -0.4 is 15.8 Å². The molecule has 1 aromatic carbocycles. The largest absolute Gasteiger partial charge is 0.494 e. The van der Waals surface area contributed by atoms with Crippen LogP contribution in [0, 0.1) is 6.92 Å². The topological polar surface area (TPSA) is 95.1 Å². The molecule has 2 rings (SSSR count). The zero-order chi connectivity index (χ0) is 15.2. The molecule has 0 saturated carbocycles. The van der Waals surface area contributed by atoms with Crippen LogP contribution in [0.3, 0.4) is 0 Å². The van der Waals surface area contributed by atoms with Crippen LogP contribution in [0.15, 0.2) is 24.4 Å². The van der Waals surface area contributed by atoms with Crippen molar-refractivity contribution in [3.63, 3.8) is 0 Å². The van der Waals surface area contributed by atoms with Crippen LogP contribution >= 0.6 is 0 Å². The number of aromatic nitrogens is 3. The number of hydrogen-bond acceptors (Lipinski definition) is 5. The SMILES string of the molecule is CCOc1ccc(NC(=O)c2cn(CCN)nn2)c(C)c1. The van der Waals surface area contributed by atoms with E-state index in [1.54, 1.807) is 10.9 Å². The lowest BCUT2D eigenvalue weighted by molar-refractivity contribution is 0.102. The molecule has 3 N–H and O–H groups in total. The molecule has 2 aromatic rings. The van der Waals surface area contributed by atoms with Crippen LogP contribution in [0.4, 0.5) is 5.69 Å². The first-order chi connectivity index (χ1) is 10.1. The van der Waals surface area contributed by atoms with E-state index in [0.717, 1.165) is 17.0 Å². The number of aryl methyl sites for hydroxylation is 1. The quantitative estimate of drug-likeness (QED) is 0.833. The molecule has 0 fully saturated rings. The standard InChI is InChI=1S/C14H19N5O2/c1-3-21-11-4-5-12(10(2)8-11)16-14(20)13-9-19(7-6-15)18-17-13/h4-5,8-9H,3,6-7,15H2,1-2H3,(H,16,20). The molecule has 112 valence electrons. The molecule has 7 heteroatoms. The maximum Gasteiger partial charge on any atom is 0.277 e. The van der Waals surface area contributed by atoms with Crippen molar-refractivity contribution < 1.29 is 9.53 Å². The Morgan fingerprint density at radius 2 is 2.29 bits per heavy atom. The van der Waals surface area contributed by atoms with Crippen LogP contribution in [0.1, 0.15) is 23.0 Å². The smallest absolute Gasteiger partial charge is 0.277 e. The third-order valence-electron chi connectivity index (χ3n) is 2.89. The van der Waals surface area contributed by atoms with Gasteiger partial charge in [-0.1, -0.05) is 5.21 Å². The van der Waals surface area contributed by atoms with Gasteiger partial charge in [-0.05, 0) is 37.6 Å². The van der Waals surface area contributed by atoms with Gasteiger partial charge in [0.15, 0.2) is 5.69 Å². The number of ether oxygens (including phenoxy) is 1. The highest BCUT2D eigenvalue weighted by Crippen LogP contribution is 2.21. The van der Waals surface area contributed by atoms with Gasteiger partial charge >= 0.3 is 0 Å². The first-order valence-corrected chi connectivity index (χ1v) is 6.79. The number of anilines is 1.